The number of hydrogen-bond acceptors (Lipinski definition) is 8. The molecule has 5 N–H and O–H groups in total. The minimum atomic E-state index is -5.15. The summed E-state index contributed by atoms with van der Waals surface area (Å²) in [6, 6.07) is 8.01. The molecule has 1 amide bonds. The van der Waals surface area contributed by atoms with Crippen LogP contribution >= 0.6 is 0 Å². The van der Waals surface area contributed by atoms with Gasteiger partial charge >= 0.3 is 12.1 Å². The van der Waals surface area contributed by atoms with Gasteiger partial charge in [0.05, 0.1) is 6.54 Å². The summed E-state index contributed by atoms with van der Waals surface area (Å²) in [7, 11) is 0. The van der Waals surface area contributed by atoms with Crippen LogP contribution in [0.5, 0.6) is 5.75 Å². The van der Waals surface area contributed by atoms with Crippen molar-refractivity contribution in [3.05, 3.63) is 36.4 Å². The average molecular weight is 382 g/mol. The second-order valence-corrected chi connectivity index (χ2v) is 4.91. The number of anilines is 2. The highest BCUT2D eigenvalue weighted by Gasteiger charge is 2.41. The van der Waals surface area contributed by atoms with Crippen molar-refractivity contribution in [2.45, 2.75) is 6.18 Å². The van der Waals surface area contributed by atoms with E-state index in [0.717, 1.165) is 6.07 Å². The Morgan fingerprint density at radius 1 is 1.11 bits per heavy atom. The lowest BCUT2D eigenvalue weighted by molar-refractivity contribution is -0.189. The lowest BCUT2D eigenvalue weighted by Crippen LogP contribution is -2.27. The minimum absolute atomic E-state index is 0.0812. The van der Waals surface area contributed by atoms with Crippen LogP contribution in [0.15, 0.2) is 46.6 Å². The molecule has 0 bridgehead atoms. The second-order valence-electron chi connectivity index (χ2n) is 4.91. The summed E-state index contributed by atoms with van der Waals surface area (Å²) in [5, 5.41) is 9.89. The third kappa shape index (κ3) is 5.47. The number of amides is 1. The van der Waals surface area contributed by atoms with Crippen molar-refractivity contribution in [2.75, 3.05) is 17.6 Å². The number of carbonyl (C=O) groups excluding carboxylic acids is 2. The van der Waals surface area contributed by atoms with Crippen molar-refractivity contribution in [2.24, 2.45) is 16.0 Å². The molecular formula is C15H13F3N6O3. The van der Waals surface area contributed by atoms with E-state index >= 15 is 0 Å². The first kappa shape index (κ1) is 19.8. The molecule has 0 spiro atoms. The summed E-state index contributed by atoms with van der Waals surface area (Å²) >= 11 is 0. The molecule has 0 unspecified atom stereocenters. The quantitative estimate of drug-likeness (QED) is 0.411. The lowest BCUT2D eigenvalue weighted by Gasteiger charge is -2.08. The predicted molar refractivity (Wildman–Crippen MR) is 88.6 cm³/mol. The van der Waals surface area contributed by atoms with Crippen LogP contribution in [-0.2, 0) is 9.59 Å². The molecule has 142 valence electrons. The molecule has 0 aliphatic carbocycles. The molecule has 1 aromatic heterocycles. The fourth-order valence-corrected chi connectivity index (χ4v) is 1.71. The number of carbonyl (C=O) groups is 2. The van der Waals surface area contributed by atoms with Crippen LogP contribution in [0.3, 0.4) is 0 Å². The fourth-order valence-electron chi connectivity index (χ4n) is 1.71. The molecule has 1 heterocycles. The first-order valence-electron chi connectivity index (χ1n) is 7.27. The number of hydrogen-bond donors (Lipinski definition) is 3. The number of alkyl halides is 3. The summed E-state index contributed by atoms with van der Waals surface area (Å²) in [5.41, 5.74) is 10.8. The van der Waals surface area contributed by atoms with Crippen LogP contribution in [0, 0.1) is 0 Å². The summed E-state index contributed by atoms with van der Waals surface area (Å²) in [6.07, 6.45) is -5.15. The summed E-state index contributed by atoms with van der Waals surface area (Å²) in [5.74, 6) is -3.25. The van der Waals surface area contributed by atoms with Crippen LogP contribution in [0.1, 0.15) is 0 Å². The third-order valence-corrected chi connectivity index (χ3v) is 2.92. The van der Waals surface area contributed by atoms with E-state index in [0.29, 0.717) is 0 Å². The zero-order valence-corrected chi connectivity index (χ0v) is 13.5. The highest BCUT2D eigenvalue weighted by atomic mass is 19.4. The minimum Gasteiger partial charge on any atom is -0.417 e. The van der Waals surface area contributed by atoms with E-state index in [-0.39, 0.29) is 29.6 Å². The Morgan fingerprint density at radius 3 is 2.41 bits per heavy atom. The van der Waals surface area contributed by atoms with Crippen molar-refractivity contribution in [1.82, 2.24) is 4.98 Å². The van der Waals surface area contributed by atoms with Gasteiger partial charge < -0.3 is 21.5 Å². The molecular weight excluding hydrogens is 369 g/mol. The Labute approximate surface area is 150 Å². The van der Waals surface area contributed by atoms with E-state index in [9.17, 15) is 22.8 Å². The second kappa shape index (κ2) is 8.23. The van der Waals surface area contributed by atoms with Crippen LogP contribution in [0.4, 0.5) is 36.2 Å². The first-order chi connectivity index (χ1) is 12.7. The first-order valence-corrected chi connectivity index (χ1v) is 7.27. The molecule has 0 atom stereocenters. The Bertz CT molecular complexity index is 885. The van der Waals surface area contributed by atoms with Gasteiger partial charge in [-0.3, -0.25) is 4.79 Å². The van der Waals surface area contributed by atoms with E-state index < -0.39 is 23.8 Å². The van der Waals surface area contributed by atoms with E-state index in [4.69, 9.17) is 11.5 Å². The topological polar surface area (TPSA) is 145 Å². The number of nitrogens with two attached hydrogens (primary N) is 2. The van der Waals surface area contributed by atoms with Gasteiger partial charge in [-0.15, -0.1) is 10.2 Å². The number of esters is 1. The lowest BCUT2D eigenvalue weighted by atomic mass is 10.3. The van der Waals surface area contributed by atoms with Crippen LogP contribution < -0.4 is 21.5 Å². The van der Waals surface area contributed by atoms with Crippen molar-refractivity contribution in [3.8, 4) is 5.75 Å². The molecule has 0 fully saturated rings. The molecule has 0 aliphatic rings. The maximum absolute atomic E-state index is 12.3. The SMILES string of the molecule is NCC(=O)Nc1ccc(N=Nc2ccccc2OC(=O)C(F)(F)F)c(N)n1. The summed E-state index contributed by atoms with van der Waals surface area (Å²) in [6.45, 7) is -0.240. The van der Waals surface area contributed by atoms with Crippen LogP contribution in [-0.4, -0.2) is 29.6 Å². The molecule has 12 heteroatoms. The number of azo groups is 1. The number of aromatic nitrogens is 1. The Morgan fingerprint density at radius 2 is 1.78 bits per heavy atom. The van der Waals surface area contributed by atoms with Crippen molar-refractivity contribution >= 4 is 34.9 Å². The van der Waals surface area contributed by atoms with E-state index in [1.807, 2.05) is 0 Å². The molecule has 2 aromatic rings. The Balaban J connectivity index is 2.21. The number of nitrogens with one attached hydrogen (secondary N) is 1. The van der Waals surface area contributed by atoms with E-state index in [2.05, 4.69) is 25.3 Å². The van der Waals surface area contributed by atoms with Crippen LogP contribution in [0.25, 0.3) is 0 Å². The van der Waals surface area contributed by atoms with Crippen molar-refractivity contribution in [3.63, 3.8) is 0 Å². The number of pyridine rings is 1. The van der Waals surface area contributed by atoms with Gasteiger partial charge in [0.1, 0.15) is 17.2 Å². The van der Waals surface area contributed by atoms with Gasteiger partial charge in [-0.1, -0.05) is 12.1 Å². The molecule has 1 aromatic carbocycles. The molecule has 27 heavy (non-hydrogen) atoms. The van der Waals surface area contributed by atoms with Gasteiger partial charge in [-0.25, -0.2) is 9.78 Å². The number of nitrogens with zero attached hydrogens (tertiary/aromatic N) is 3. The number of halogens is 3. The maximum Gasteiger partial charge on any atom is 0.491 e. The number of benzene rings is 1. The zero-order valence-electron chi connectivity index (χ0n) is 13.5. The summed E-state index contributed by atoms with van der Waals surface area (Å²) in [4.78, 5) is 26.1. The molecule has 0 radical (unpaired) electrons. The van der Waals surface area contributed by atoms with E-state index in [1.165, 1.54) is 30.3 Å². The van der Waals surface area contributed by atoms with E-state index in [1.54, 1.807) is 0 Å². The van der Waals surface area contributed by atoms with Gasteiger partial charge in [-0.2, -0.15) is 13.2 Å². The van der Waals surface area contributed by atoms with Gasteiger partial charge in [0, 0.05) is 0 Å². The van der Waals surface area contributed by atoms with Crippen molar-refractivity contribution < 1.29 is 27.5 Å². The normalized spacial score (nSPS) is 11.4. The number of rotatable bonds is 5. The smallest absolute Gasteiger partial charge is 0.417 e. The predicted octanol–water partition coefficient (Wildman–Crippen LogP) is 2.44. The molecule has 9 nitrogen and oxygen atoms in total. The standard InChI is InChI=1S/C15H13F3N6O3/c16-15(17,18)14(26)27-10-4-2-1-3-8(10)23-24-9-5-6-11(22-13(9)20)21-12(25)7-19/h1-6H,7,19H2,(H3,20,21,22,25). The highest BCUT2D eigenvalue weighted by molar-refractivity contribution is 5.91. The van der Waals surface area contributed by atoms with Crippen LogP contribution in [0.2, 0.25) is 0 Å². The van der Waals surface area contributed by atoms with Gasteiger partial charge in [-0.05, 0) is 24.3 Å². The fraction of sp³-hybridized carbons (Fsp3) is 0.133. The molecule has 0 saturated heterocycles. The Hall–Kier alpha value is -3.54. The van der Waals surface area contributed by atoms with Crippen molar-refractivity contribution in [1.29, 1.82) is 0 Å². The third-order valence-electron chi connectivity index (χ3n) is 2.92. The average Bonchev–Trinajstić information content (AvgIpc) is 2.61. The Kier molecular flexibility index (Phi) is 6.03. The highest BCUT2D eigenvalue weighted by Crippen LogP contribution is 2.32. The molecule has 2 rings (SSSR count). The maximum atomic E-state index is 12.3. The number of ether oxygens (including phenoxy) is 1. The van der Waals surface area contributed by atoms with Gasteiger partial charge in [0.25, 0.3) is 0 Å². The zero-order chi connectivity index (χ0) is 20.0. The van der Waals surface area contributed by atoms with Gasteiger partial charge in [0.2, 0.25) is 5.91 Å². The monoisotopic (exact) mass is 382 g/mol. The summed E-state index contributed by atoms with van der Waals surface area (Å²) < 4.78 is 41.3. The number of para-hydroxylation sites is 1. The molecule has 0 saturated carbocycles. The largest absolute Gasteiger partial charge is 0.491 e. The van der Waals surface area contributed by atoms with Gasteiger partial charge in [0.15, 0.2) is 11.6 Å². The number of nitrogen functional groups attached to an aromatic ring is 1. The molecule has 0 aliphatic heterocycles.